The fraction of sp³-hybridized carbons (Fsp3) is 0.455. The molecule has 16 heavy (non-hydrogen) atoms. The van der Waals surface area contributed by atoms with E-state index < -0.39 is 0 Å². The first kappa shape index (κ1) is 12.4. The maximum Gasteiger partial charge on any atom is 0.148 e. The van der Waals surface area contributed by atoms with Crippen molar-refractivity contribution in [2.24, 2.45) is 5.73 Å². The van der Waals surface area contributed by atoms with Crippen molar-refractivity contribution < 1.29 is 9.47 Å². The summed E-state index contributed by atoms with van der Waals surface area (Å²) in [6.45, 7) is 3.75. The molecule has 1 heterocycles. The number of nitrogen functional groups attached to an aromatic ring is 1. The molecular weight excluding hydrogens is 206 g/mol. The Hall–Kier alpha value is -1.62. The Bertz CT molecular complexity index is 342. The van der Waals surface area contributed by atoms with Crippen molar-refractivity contribution in [2.75, 3.05) is 19.8 Å². The van der Waals surface area contributed by atoms with Crippen LogP contribution in [0.3, 0.4) is 0 Å². The van der Waals surface area contributed by atoms with Gasteiger partial charge in [0.15, 0.2) is 0 Å². The van der Waals surface area contributed by atoms with Crippen molar-refractivity contribution >= 4 is 5.84 Å². The van der Waals surface area contributed by atoms with E-state index in [1.165, 1.54) is 0 Å². The molecule has 0 aliphatic rings. The number of nitrogens with zero attached hydrogens (tertiary/aromatic N) is 1. The molecule has 0 saturated heterocycles. The van der Waals surface area contributed by atoms with E-state index in [0.717, 1.165) is 13.0 Å². The van der Waals surface area contributed by atoms with E-state index in [1.807, 2.05) is 0 Å². The number of hydrogen-bond donors (Lipinski definition) is 2. The highest BCUT2D eigenvalue weighted by atomic mass is 16.5. The molecule has 0 aliphatic carbocycles. The highest BCUT2D eigenvalue weighted by Gasteiger charge is 2.05. The minimum absolute atomic E-state index is 0.0214. The number of ether oxygens (including phenoxy) is 2. The number of pyridine rings is 1. The Morgan fingerprint density at radius 1 is 1.44 bits per heavy atom. The molecule has 0 saturated carbocycles. The van der Waals surface area contributed by atoms with Crippen LogP contribution in [0.5, 0.6) is 5.75 Å². The van der Waals surface area contributed by atoms with Crippen LogP contribution in [0.25, 0.3) is 0 Å². The van der Waals surface area contributed by atoms with Gasteiger partial charge in [0.05, 0.1) is 18.4 Å². The minimum Gasteiger partial charge on any atom is -0.489 e. The summed E-state index contributed by atoms with van der Waals surface area (Å²) in [5.41, 5.74) is 5.97. The second-order valence-electron chi connectivity index (χ2n) is 3.25. The second kappa shape index (κ2) is 6.79. The smallest absolute Gasteiger partial charge is 0.148 e. The van der Waals surface area contributed by atoms with Gasteiger partial charge < -0.3 is 15.2 Å². The Kier molecular flexibility index (Phi) is 5.28. The summed E-state index contributed by atoms with van der Waals surface area (Å²) in [6.07, 6.45) is 4.12. The van der Waals surface area contributed by atoms with Crippen molar-refractivity contribution in [3.8, 4) is 5.75 Å². The molecule has 0 bridgehead atoms. The molecule has 0 radical (unpaired) electrons. The summed E-state index contributed by atoms with van der Waals surface area (Å²) < 4.78 is 10.7. The lowest BCUT2D eigenvalue weighted by Gasteiger charge is -2.09. The highest BCUT2D eigenvalue weighted by Crippen LogP contribution is 2.15. The fourth-order valence-electron chi connectivity index (χ4n) is 1.17. The van der Waals surface area contributed by atoms with Crippen LogP contribution in [-0.4, -0.2) is 30.6 Å². The van der Waals surface area contributed by atoms with Gasteiger partial charge in [-0.15, -0.1) is 0 Å². The number of aromatic nitrogens is 1. The molecule has 1 rings (SSSR count). The SMILES string of the molecule is CCCOCCOc1cnccc1C(=N)N. The number of amidine groups is 1. The first-order valence-electron chi connectivity index (χ1n) is 5.24. The lowest BCUT2D eigenvalue weighted by Crippen LogP contribution is -2.15. The van der Waals surface area contributed by atoms with Crippen LogP contribution in [0, 0.1) is 5.41 Å². The van der Waals surface area contributed by atoms with Gasteiger partial charge in [-0.1, -0.05) is 6.92 Å². The Labute approximate surface area is 95.1 Å². The first-order valence-corrected chi connectivity index (χ1v) is 5.24. The summed E-state index contributed by atoms with van der Waals surface area (Å²) in [6, 6.07) is 1.66. The van der Waals surface area contributed by atoms with Crippen molar-refractivity contribution in [3.05, 3.63) is 24.0 Å². The van der Waals surface area contributed by atoms with E-state index in [4.69, 9.17) is 20.6 Å². The number of nitrogens with one attached hydrogen (secondary N) is 1. The van der Waals surface area contributed by atoms with E-state index in [1.54, 1.807) is 18.5 Å². The van der Waals surface area contributed by atoms with Crippen molar-refractivity contribution in [2.45, 2.75) is 13.3 Å². The lowest BCUT2D eigenvalue weighted by molar-refractivity contribution is 0.100. The van der Waals surface area contributed by atoms with Crippen LogP contribution in [0.4, 0.5) is 0 Å². The maximum absolute atomic E-state index is 7.36. The molecule has 1 aromatic rings. The largest absolute Gasteiger partial charge is 0.489 e. The van der Waals surface area contributed by atoms with Crippen LogP contribution >= 0.6 is 0 Å². The van der Waals surface area contributed by atoms with Crippen LogP contribution in [-0.2, 0) is 4.74 Å². The maximum atomic E-state index is 7.36. The Morgan fingerprint density at radius 3 is 2.94 bits per heavy atom. The molecular formula is C11H17N3O2. The normalized spacial score (nSPS) is 10.1. The number of nitrogens with two attached hydrogens (primary N) is 1. The number of hydrogen-bond acceptors (Lipinski definition) is 4. The van der Waals surface area contributed by atoms with Gasteiger partial charge in [-0.3, -0.25) is 10.4 Å². The van der Waals surface area contributed by atoms with E-state index in [-0.39, 0.29) is 5.84 Å². The monoisotopic (exact) mass is 223 g/mol. The fourth-order valence-corrected chi connectivity index (χ4v) is 1.17. The molecule has 0 amide bonds. The van der Waals surface area contributed by atoms with Crippen molar-refractivity contribution in [1.29, 1.82) is 5.41 Å². The zero-order valence-electron chi connectivity index (χ0n) is 9.40. The van der Waals surface area contributed by atoms with Gasteiger partial charge in [0.2, 0.25) is 0 Å². The summed E-state index contributed by atoms with van der Waals surface area (Å²) in [5, 5.41) is 7.36. The van der Waals surface area contributed by atoms with Crippen LogP contribution < -0.4 is 10.5 Å². The zero-order chi connectivity index (χ0) is 11.8. The third-order valence-corrected chi connectivity index (χ3v) is 1.91. The van der Waals surface area contributed by atoms with E-state index in [0.29, 0.717) is 24.5 Å². The van der Waals surface area contributed by atoms with Gasteiger partial charge in [-0.25, -0.2) is 0 Å². The van der Waals surface area contributed by atoms with Gasteiger partial charge in [0.1, 0.15) is 18.2 Å². The topological polar surface area (TPSA) is 81.2 Å². The van der Waals surface area contributed by atoms with E-state index in [9.17, 15) is 0 Å². The average molecular weight is 223 g/mol. The minimum atomic E-state index is -0.0214. The molecule has 0 aromatic carbocycles. The summed E-state index contributed by atoms with van der Waals surface area (Å²) in [4.78, 5) is 3.92. The standard InChI is InChI=1S/C11H17N3O2/c1-2-5-15-6-7-16-10-8-14-4-3-9(10)11(12)13/h3-4,8H,2,5-7H2,1H3,(H3,12,13). The summed E-state index contributed by atoms with van der Waals surface area (Å²) in [7, 11) is 0. The molecule has 5 nitrogen and oxygen atoms in total. The summed E-state index contributed by atoms with van der Waals surface area (Å²) >= 11 is 0. The predicted octanol–water partition coefficient (Wildman–Crippen LogP) is 1.17. The third kappa shape index (κ3) is 3.86. The van der Waals surface area contributed by atoms with Gasteiger partial charge in [0, 0.05) is 12.8 Å². The number of rotatable bonds is 7. The van der Waals surface area contributed by atoms with Gasteiger partial charge in [-0.05, 0) is 12.5 Å². The van der Waals surface area contributed by atoms with Crippen LogP contribution in [0.1, 0.15) is 18.9 Å². The van der Waals surface area contributed by atoms with E-state index in [2.05, 4.69) is 11.9 Å². The molecule has 0 fully saturated rings. The van der Waals surface area contributed by atoms with Gasteiger partial charge in [-0.2, -0.15) is 0 Å². The van der Waals surface area contributed by atoms with Crippen LogP contribution in [0.15, 0.2) is 18.5 Å². The van der Waals surface area contributed by atoms with Gasteiger partial charge >= 0.3 is 0 Å². The van der Waals surface area contributed by atoms with Crippen molar-refractivity contribution in [3.63, 3.8) is 0 Å². The second-order valence-corrected chi connectivity index (χ2v) is 3.25. The Balaban J connectivity index is 2.44. The Morgan fingerprint density at radius 2 is 2.25 bits per heavy atom. The molecule has 0 unspecified atom stereocenters. The lowest BCUT2D eigenvalue weighted by atomic mass is 10.2. The molecule has 0 atom stereocenters. The highest BCUT2D eigenvalue weighted by molar-refractivity contribution is 5.97. The van der Waals surface area contributed by atoms with E-state index >= 15 is 0 Å². The molecule has 5 heteroatoms. The quantitative estimate of drug-likeness (QED) is 0.413. The van der Waals surface area contributed by atoms with Crippen LogP contribution in [0.2, 0.25) is 0 Å². The van der Waals surface area contributed by atoms with Crippen molar-refractivity contribution in [1.82, 2.24) is 4.98 Å². The molecule has 3 N–H and O–H groups in total. The molecule has 0 aliphatic heterocycles. The molecule has 1 aromatic heterocycles. The molecule has 88 valence electrons. The third-order valence-electron chi connectivity index (χ3n) is 1.91. The van der Waals surface area contributed by atoms with Gasteiger partial charge in [0.25, 0.3) is 0 Å². The average Bonchev–Trinajstić information content (AvgIpc) is 2.29. The first-order chi connectivity index (χ1) is 7.75. The summed E-state index contributed by atoms with van der Waals surface area (Å²) in [5.74, 6) is 0.502. The predicted molar refractivity (Wildman–Crippen MR) is 61.9 cm³/mol. The zero-order valence-corrected chi connectivity index (χ0v) is 9.40. The molecule has 0 spiro atoms.